The molecule has 0 aromatic rings. The number of carbonyl (C=O) groups is 2. The first-order chi connectivity index (χ1) is 9.61. The normalized spacial score (nSPS) is 28.7. The fourth-order valence-corrected chi connectivity index (χ4v) is 2.64. The van der Waals surface area contributed by atoms with Crippen molar-refractivity contribution in [1.29, 1.82) is 0 Å². The quantitative estimate of drug-likeness (QED) is 0.667. The Hall–Kier alpha value is -1.05. The van der Waals surface area contributed by atoms with E-state index in [1.54, 1.807) is 4.90 Å². The first-order valence-corrected chi connectivity index (χ1v) is 7.30. The van der Waals surface area contributed by atoms with Gasteiger partial charge in [0.25, 0.3) is 0 Å². The molecule has 3 N–H and O–H groups in total. The Kier molecular flexibility index (Phi) is 7.21. The first-order valence-electron chi connectivity index (χ1n) is 7.30. The van der Waals surface area contributed by atoms with Gasteiger partial charge in [-0.15, -0.1) is 12.4 Å². The highest BCUT2D eigenvalue weighted by Gasteiger charge is 2.32. The molecule has 0 saturated carbocycles. The number of carbonyl (C=O) groups excluding carboxylic acids is 2. The molecule has 2 aliphatic heterocycles. The highest BCUT2D eigenvalue weighted by molar-refractivity contribution is 5.85. The number of ether oxygens (including phenoxy) is 1. The van der Waals surface area contributed by atoms with Crippen LogP contribution in [0.15, 0.2) is 0 Å². The summed E-state index contributed by atoms with van der Waals surface area (Å²) in [5, 5.41) is 8.94. The van der Waals surface area contributed by atoms with Crippen LogP contribution in [-0.2, 0) is 9.53 Å². The maximum absolute atomic E-state index is 12.2. The fourth-order valence-electron chi connectivity index (χ4n) is 2.64. The molecule has 2 aliphatic rings. The molecule has 1 unspecified atom stereocenters. The minimum atomic E-state index is -0.303. The first kappa shape index (κ1) is 18.0. The predicted octanol–water partition coefficient (Wildman–Crippen LogP) is -0.295. The number of nitrogens with zero attached hydrogens (tertiary/aromatic N) is 1. The Labute approximate surface area is 131 Å². The van der Waals surface area contributed by atoms with Crippen LogP contribution < -0.4 is 16.0 Å². The maximum atomic E-state index is 12.2. The molecule has 0 radical (unpaired) electrons. The molecule has 3 amide bonds. The lowest BCUT2D eigenvalue weighted by Gasteiger charge is -2.30. The van der Waals surface area contributed by atoms with Gasteiger partial charge >= 0.3 is 6.03 Å². The van der Waals surface area contributed by atoms with Crippen LogP contribution in [-0.4, -0.2) is 67.8 Å². The lowest BCUT2D eigenvalue weighted by atomic mass is 10.1. The van der Waals surface area contributed by atoms with Gasteiger partial charge in [-0.2, -0.15) is 0 Å². The molecule has 7 nitrogen and oxygen atoms in total. The number of morpholine rings is 1. The molecular formula is C13H25ClN4O3. The molecular weight excluding hydrogens is 296 g/mol. The summed E-state index contributed by atoms with van der Waals surface area (Å²) in [6, 6.07) is -0.333. The highest BCUT2D eigenvalue weighted by Crippen LogP contribution is 2.11. The summed E-state index contributed by atoms with van der Waals surface area (Å²) in [7, 11) is 0. The van der Waals surface area contributed by atoms with E-state index < -0.39 is 0 Å². The molecule has 21 heavy (non-hydrogen) atoms. The van der Waals surface area contributed by atoms with Crippen molar-refractivity contribution in [3.63, 3.8) is 0 Å². The third-order valence-electron chi connectivity index (χ3n) is 3.75. The van der Waals surface area contributed by atoms with Crippen molar-refractivity contribution >= 4 is 24.3 Å². The molecule has 0 aliphatic carbocycles. The minimum Gasteiger partial charge on any atom is -0.375 e. The van der Waals surface area contributed by atoms with E-state index in [2.05, 4.69) is 16.0 Å². The molecule has 0 spiro atoms. The lowest BCUT2D eigenvalue weighted by Crippen LogP contribution is -2.57. The van der Waals surface area contributed by atoms with Crippen LogP contribution in [0.4, 0.5) is 4.79 Å². The summed E-state index contributed by atoms with van der Waals surface area (Å²) in [5.74, 6) is -0.0417. The fraction of sp³-hybridized carbons (Fsp3) is 0.846. The van der Waals surface area contributed by atoms with E-state index in [-0.39, 0.29) is 42.5 Å². The number of rotatable bonds is 3. The van der Waals surface area contributed by atoms with Crippen LogP contribution in [0, 0.1) is 0 Å². The lowest BCUT2D eigenvalue weighted by molar-refractivity contribution is -0.129. The van der Waals surface area contributed by atoms with Crippen molar-refractivity contribution in [1.82, 2.24) is 20.9 Å². The number of halogens is 1. The van der Waals surface area contributed by atoms with E-state index in [0.29, 0.717) is 32.8 Å². The van der Waals surface area contributed by atoms with E-state index in [4.69, 9.17) is 4.74 Å². The van der Waals surface area contributed by atoms with Gasteiger partial charge in [-0.3, -0.25) is 4.79 Å². The van der Waals surface area contributed by atoms with E-state index in [0.717, 1.165) is 6.42 Å². The number of likely N-dealkylation sites (tertiary alicyclic amines) is 1. The molecule has 2 heterocycles. The second-order valence-electron chi connectivity index (χ2n) is 5.28. The van der Waals surface area contributed by atoms with E-state index in [1.165, 1.54) is 0 Å². The molecule has 8 heteroatoms. The van der Waals surface area contributed by atoms with Crippen molar-refractivity contribution in [3.8, 4) is 0 Å². The Morgan fingerprint density at radius 2 is 2.19 bits per heavy atom. The van der Waals surface area contributed by atoms with Gasteiger partial charge in [0.2, 0.25) is 5.91 Å². The zero-order chi connectivity index (χ0) is 14.5. The van der Waals surface area contributed by atoms with Crippen LogP contribution in [0.25, 0.3) is 0 Å². The largest absolute Gasteiger partial charge is 0.375 e. The minimum absolute atomic E-state index is 0. The second kappa shape index (κ2) is 8.41. The topological polar surface area (TPSA) is 82.7 Å². The van der Waals surface area contributed by atoms with Crippen molar-refractivity contribution in [2.75, 3.05) is 32.8 Å². The van der Waals surface area contributed by atoms with Crippen molar-refractivity contribution in [2.24, 2.45) is 0 Å². The Morgan fingerprint density at radius 3 is 2.86 bits per heavy atom. The van der Waals surface area contributed by atoms with E-state index in [9.17, 15) is 9.59 Å². The van der Waals surface area contributed by atoms with Gasteiger partial charge in [0.1, 0.15) is 6.04 Å². The number of nitrogens with one attached hydrogen (secondary N) is 3. The number of hydrogen-bond donors (Lipinski definition) is 3. The maximum Gasteiger partial charge on any atom is 0.317 e. The SMILES string of the molecule is CCNC(=O)N1CCC(NC(=O)[C@H]2NCCO[C@@H]2C)C1.Cl. The monoisotopic (exact) mass is 320 g/mol. The summed E-state index contributed by atoms with van der Waals surface area (Å²) >= 11 is 0. The van der Waals surface area contributed by atoms with E-state index >= 15 is 0 Å². The van der Waals surface area contributed by atoms with Crippen LogP contribution >= 0.6 is 12.4 Å². The third-order valence-corrected chi connectivity index (χ3v) is 3.75. The zero-order valence-corrected chi connectivity index (χ0v) is 13.4. The van der Waals surface area contributed by atoms with Gasteiger partial charge in [-0.1, -0.05) is 0 Å². The highest BCUT2D eigenvalue weighted by atomic mass is 35.5. The Balaban J connectivity index is 0.00000220. The van der Waals surface area contributed by atoms with Gasteiger partial charge in [0.15, 0.2) is 0 Å². The third kappa shape index (κ3) is 4.72. The number of amides is 3. The summed E-state index contributed by atoms with van der Waals surface area (Å²) in [4.78, 5) is 25.6. The smallest absolute Gasteiger partial charge is 0.317 e. The van der Waals surface area contributed by atoms with Crippen molar-refractivity contribution in [3.05, 3.63) is 0 Å². The van der Waals surface area contributed by atoms with Crippen LogP contribution in [0.3, 0.4) is 0 Å². The van der Waals surface area contributed by atoms with Crippen molar-refractivity contribution in [2.45, 2.75) is 38.5 Å². The Morgan fingerprint density at radius 1 is 1.43 bits per heavy atom. The van der Waals surface area contributed by atoms with Gasteiger partial charge in [0, 0.05) is 32.2 Å². The van der Waals surface area contributed by atoms with Gasteiger partial charge in [-0.05, 0) is 20.3 Å². The molecule has 122 valence electrons. The number of urea groups is 1. The average molecular weight is 321 g/mol. The van der Waals surface area contributed by atoms with Gasteiger partial charge in [0.05, 0.1) is 12.7 Å². The van der Waals surface area contributed by atoms with Gasteiger partial charge < -0.3 is 25.6 Å². The molecule has 0 aromatic carbocycles. The summed E-state index contributed by atoms with van der Waals surface area (Å²) in [5.41, 5.74) is 0. The van der Waals surface area contributed by atoms with Crippen LogP contribution in [0.1, 0.15) is 20.3 Å². The molecule has 2 saturated heterocycles. The zero-order valence-electron chi connectivity index (χ0n) is 12.6. The van der Waals surface area contributed by atoms with E-state index in [1.807, 2.05) is 13.8 Å². The molecule has 2 rings (SSSR count). The predicted molar refractivity (Wildman–Crippen MR) is 81.6 cm³/mol. The summed E-state index contributed by atoms with van der Waals surface area (Å²) in [6.45, 7) is 6.99. The molecule has 2 fully saturated rings. The average Bonchev–Trinajstić information content (AvgIpc) is 2.88. The summed E-state index contributed by atoms with van der Waals surface area (Å²) < 4.78 is 5.47. The second-order valence-corrected chi connectivity index (χ2v) is 5.28. The van der Waals surface area contributed by atoms with Crippen molar-refractivity contribution < 1.29 is 14.3 Å². The van der Waals surface area contributed by atoms with Crippen LogP contribution in [0.2, 0.25) is 0 Å². The molecule has 0 aromatic heterocycles. The molecule has 0 bridgehead atoms. The standard InChI is InChI=1S/C13H24N4O3.ClH/c1-3-14-13(19)17-6-4-10(8-17)16-12(18)11-9(2)20-7-5-15-11;/h9-11,15H,3-8H2,1-2H3,(H,14,19)(H,16,18);1H/t9-,10?,11+;/m1./s1. The van der Waals surface area contributed by atoms with Crippen LogP contribution in [0.5, 0.6) is 0 Å². The molecule has 3 atom stereocenters. The number of hydrogen-bond acceptors (Lipinski definition) is 4. The van der Waals surface area contributed by atoms with Gasteiger partial charge in [-0.25, -0.2) is 4.79 Å². The summed E-state index contributed by atoms with van der Waals surface area (Å²) in [6.07, 6.45) is 0.676. The Bertz CT molecular complexity index is 369.